The van der Waals surface area contributed by atoms with Gasteiger partial charge in [-0.25, -0.2) is 0 Å². The van der Waals surface area contributed by atoms with Gasteiger partial charge in [-0.2, -0.15) is 0 Å². The largest absolute Gasteiger partial charge is 0.383 e. The second-order valence-electron chi connectivity index (χ2n) is 6.20. The molecule has 4 heteroatoms. The van der Waals surface area contributed by atoms with Crippen molar-refractivity contribution in [1.82, 2.24) is 9.88 Å². The fourth-order valence-electron chi connectivity index (χ4n) is 3.45. The molecule has 1 atom stereocenters. The van der Waals surface area contributed by atoms with E-state index >= 15 is 0 Å². The number of pyridine rings is 1. The zero-order valence-corrected chi connectivity index (χ0v) is 13.8. The fraction of sp³-hybridized carbons (Fsp3) is 0.474. The molecule has 1 amide bonds. The highest BCUT2D eigenvalue weighted by Gasteiger charge is 2.24. The summed E-state index contributed by atoms with van der Waals surface area (Å²) in [7, 11) is 0. The average Bonchev–Trinajstić information content (AvgIpc) is 2.61. The van der Waals surface area contributed by atoms with Crippen molar-refractivity contribution in [3.8, 4) is 0 Å². The lowest BCUT2D eigenvalue weighted by Gasteiger charge is -2.35. The first-order valence-corrected chi connectivity index (χ1v) is 8.66. The zero-order chi connectivity index (χ0) is 16.1. The van der Waals surface area contributed by atoms with Crippen LogP contribution in [-0.2, 0) is 4.79 Å². The van der Waals surface area contributed by atoms with Crippen LogP contribution < -0.4 is 5.32 Å². The number of anilines is 1. The number of carbonyl (C=O) groups is 1. The van der Waals surface area contributed by atoms with Gasteiger partial charge in [0.15, 0.2) is 0 Å². The van der Waals surface area contributed by atoms with Crippen molar-refractivity contribution in [3.63, 3.8) is 0 Å². The summed E-state index contributed by atoms with van der Waals surface area (Å²) in [6, 6.07) is 10.5. The van der Waals surface area contributed by atoms with Crippen molar-refractivity contribution in [2.24, 2.45) is 0 Å². The van der Waals surface area contributed by atoms with Gasteiger partial charge < -0.3 is 10.2 Å². The number of hydrogen-bond donors (Lipinski definition) is 1. The maximum absolute atomic E-state index is 12.5. The van der Waals surface area contributed by atoms with Crippen LogP contribution in [0.15, 0.2) is 36.5 Å². The number of carbonyl (C=O) groups excluding carboxylic acids is 1. The molecule has 1 unspecified atom stereocenters. The van der Waals surface area contributed by atoms with E-state index in [9.17, 15) is 4.79 Å². The number of amides is 1. The number of aromatic nitrogens is 1. The molecule has 1 saturated heterocycles. The Balaban J connectivity index is 1.59. The van der Waals surface area contributed by atoms with E-state index in [4.69, 9.17) is 0 Å². The quantitative estimate of drug-likeness (QED) is 0.913. The van der Waals surface area contributed by atoms with Gasteiger partial charge in [-0.3, -0.25) is 9.78 Å². The van der Waals surface area contributed by atoms with E-state index in [-0.39, 0.29) is 5.91 Å². The summed E-state index contributed by atoms with van der Waals surface area (Å²) in [5, 5.41) is 4.50. The van der Waals surface area contributed by atoms with Crippen LogP contribution in [0, 0.1) is 0 Å². The van der Waals surface area contributed by atoms with E-state index in [2.05, 4.69) is 34.3 Å². The number of rotatable bonds is 5. The van der Waals surface area contributed by atoms with Gasteiger partial charge in [0, 0.05) is 37.1 Å². The Labute approximate surface area is 137 Å². The molecule has 0 spiro atoms. The Bertz CT molecular complexity index is 665. The summed E-state index contributed by atoms with van der Waals surface area (Å²) in [4.78, 5) is 19.0. The summed E-state index contributed by atoms with van der Waals surface area (Å²) in [5.74, 6) is 0.275. The van der Waals surface area contributed by atoms with Crippen molar-refractivity contribution < 1.29 is 4.79 Å². The highest BCUT2D eigenvalue weighted by molar-refractivity contribution is 5.90. The van der Waals surface area contributed by atoms with E-state index in [0.717, 1.165) is 42.4 Å². The number of piperidine rings is 1. The Morgan fingerprint density at radius 1 is 1.30 bits per heavy atom. The molecule has 1 aliphatic rings. The topological polar surface area (TPSA) is 45.2 Å². The molecule has 122 valence electrons. The van der Waals surface area contributed by atoms with Crippen LogP contribution in [0.5, 0.6) is 0 Å². The number of para-hydroxylation sites is 1. The normalized spacial score (nSPS) is 18.1. The van der Waals surface area contributed by atoms with E-state index in [1.165, 1.54) is 6.42 Å². The Morgan fingerprint density at radius 3 is 3.04 bits per heavy atom. The van der Waals surface area contributed by atoms with E-state index in [1.807, 2.05) is 18.2 Å². The second kappa shape index (κ2) is 7.44. The smallest absolute Gasteiger partial charge is 0.224 e. The Morgan fingerprint density at radius 2 is 2.17 bits per heavy atom. The summed E-state index contributed by atoms with van der Waals surface area (Å²) in [5.41, 5.74) is 1.97. The monoisotopic (exact) mass is 311 g/mol. The average molecular weight is 311 g/mol. The Kier molecular flexibility index (Phi) is 5.11. The van der Waals surface area contributed by atoms with Crippen LogP contribution >= 0.6 is 0 Å². The van der Waals surface area contributed by atoms with Crippen LogP contribution in [-0.4, -0.2) is 34.9 Å². The van der Waals surface area contributed by atoms with Crippen molar-refractivity contribution >= 4 is 22.5 Å². The van der Waals surface area contributed by atoms with Crippen LogP contribution in [0.4, 0.5) is 5.69 Å². The third-order valence-corrected chi connectivity index (χ3v) is 4.71. The van der Waals surface area contributed by atoms with Gasteiger partial charge in [0.25, 0.3) is 0 Å². The molecule has 4 nitrogen and oxygen atoms in total. The van der Waals surface area contributed by atoms with Crippen molar-refractivity contribution in [2.45, 2.75) is 45.1 Å². The van der Waals surface area contributed by atoms with Gasteiger partial charge in [0.05, 0.1) is 11.2 Å². The molecule has 0 aliphatic carbocycles. The minimum absolute atomic E-state index is 0.275. The highest BCUT2D eigenvalue weighted by Crippen LogP contribution is 2.22. The van der Waals surface area contributed by atoms with E-state index in [1.54, 1.807) is 6.20 Å². The molecule has 1 aromatic carbocycles. The number of hydrogen-bond acceptors (Lipinski definition) is 3. The predicted octanol–water partition coefficient (Wildman–Crippen LogP) is 3.83. The molecule has 3 rings (SSSR count). The first kappa shape index (κ1) is 15.8. The first-order valence-electron chi connectivity index (χ1n) is 8.66. The van der Waals surface area contributed by atoms with Crippen molar-refractivity contribution in [1.29, 1.82) is 0 Å². The standard InChI is InChI=1S/C19H25N3O/c1-2-16-9-3-4-14-22(16)18(23)11-13-20-17-10-5-7-15-8-6-12-21-19(15)17/h5-8,10,12,16,20H,2-4,9,11,13-14H2,1H3. The van der Waals surface area contributed by atoms with Crippen LogP contribution in [0.3, 0.4) is 0 Å². The van der Waals surface area contributed by atoms with Gasteiger partial charge in [0.2, 0.25) is 5.91 Å². The van der Waals surface area contributed by atoms with Gasteiger partial charge >= 0.3 is 0 Å². The molecule has 0 bridgehead atoms. The maximum atomic E-state index is 12.5. The second-order valence-corrected chi connectivity index (χ2v) is 6.20. The predicted molar refractivity (Wildman–Crippen MR) is 94.5 cm³/mol. The lowest BCUT2D eigenvalue weighted by Crippen LogP contribution is -2.43. The van der Waals surface area contributed by atoms with Crippen LogP contribution in [0.25, 0.3) is 10.9 Å². The van der Waals surface area contributed by atoms with Gasteiger partial charge in [0.1, 0.15) is 0 Å². The van der Waals surface area contributed by atoms with Gasteiger partial charge in [-0.1, -0.05) is 25.1 Å². The number of benzene rings is 1. The van der Waals surface area contributed by atoms with Crippen molar-refractivity contribution in [2.75, 3.05) is 18.4 Å². The number of nitrogens with one attached hydrogen (secondary N) is 1. The third-order valence-electron chi connectivity index (χ3n) is 4.71. The van der Waals surface area contributed by atoms with Crippen LogP contribution in [0.1, 0.15) is 39.0 Å². The van der Waals surface area contributed by atoms with Crippen molar-refractivity contribution in [3.05, 3.63) is 36.5 Å². The molecule has 1 fully saturated rings. The number of fused-ring (bicyclic) bond motifs is 1. The number of nitrogens with zero attached hydrogens (tertiary/aromatic N) is 2. The molecular weight excluding hydrogens is 286 g/mol. The summed E-state index contributed by atoms with van der Waals surface area (Å²) in [6.45, 7) is 3.75. The maximum Gasteiger partial charge on any atom is 0.224 e. The van der Waals surface area contributed by atoms with Crippen LogP contribution in [0.2, 0.25) is 0 Å². The van der Waals surface area contributed by atoms with E-state index < -0.39 is 0 Å². The Hall–Kier alpha value is -2.10. The summed E-state index contributed by atoms with van der Waals surface area (Å²) in [6.07, 6.45) is 6.96. The third kappa shape index (κ3) is 3.63. The SMILES string of the molecule is CCC1CCCCN1C(=O)CCNc1cccc2cccnc12. The molecule has 2 aromatic rings. The molecule has 1 aliphatic heterocycles. The molecular formula is C19H25N3O. The molecule has 0 saturated carbocycles. The lowest BCUT2D eigenvalue weighted by molar-refractivity contribution is -0.134. The zero-order valence-electron chi connectivity index (χ0n) is 13.8. The molecule has 1 aromatic heterocycles. The molecule has 23 heavy (non-hydrogen) atoms. The molecule has 1 N–H and O–H groups in total. The first-order chi connectivity index (χ1) is 11.3. The minimum Gasteiger partial charge on any atom is -0.383 e. The lowest BCUT2D eigenvalue weighted by atomic mass is 9.99. The molecule has 2 heterocycles. The molecule has 0 radical (unpaired) electrons. The summed E-state index contributed by atoms with van der Waals surface area (Å²) < 4.78 is 0. The number of likely N-dealkylation sites (tertiary alicyclic amines) is 1. The van der Waals surface area contributed by atoms with E-state index in [0.29, 0.717) is 19.0 Å². The minimum atomic E-state index is 0.275. The highest BCUT2D eigenvalue weighted by atomic mass is 16.2. The van der Waals surface area contributed by atoms with Gasteiger partial charge in [-0.15, -0.1) is 0 Å². The fourth-order valence-corrected chi connectivity index (χ4v) is 3.45. The summed E-state index contributed by atoms with van der Waals surface area (Å²) >= 11 is 0. The van der Waals surface area contributed by atoms with Gasteiger partial charge in [-0.05, 0) is 37.8 Å².